The van der Waals surface area contributed by atoms with Gasteiger partial charge in [-0.3, -0.25) is 15.1 Å². The van der Waals surface area contributed by atoms with Crippen LogP contribution in [0.25, 0.3) is 29.0 Å². The van der Waals surface area contributed by atoms with E-state index in [1.54, 1.807) is 24.7 Å². The van der Waals surface area contributed by atoms with E-state index in [4.69, 9.17) is 0 Å². The van der Waals surface area contributed by atoms with Gasteiger partial charge < -0.3 is 5.32 Å². The monoisotopic (exact) mass is 397 g/mol. The number of H-pyrrole nitrogens is 1. The number of rotatable bonds is 6. The van der Waals surface area contributed by atoms with Crippen LogP contribution in [-0.4, -0.2) is 20.2 Å². The fourth-order valence-electron chi connectivity index (χ4n) is 3.00. The van der Waals surface area contributed by atoms with Gasteiger partial charge in [-0.05, 0) is 42.3 Å². The van der Waals surface area contributed by atoms with E-state index in [1.165, 1.54) is 12.1 Å². The van der Waals surface area contributed by atoms with Crippen LogP contribution in [0.5, 0.6) is 0 Å². The first kappa shape index (κ1) is 19.3. The van der Waals surface area contributed by atoms with Gasteiger partial charge in [0.15, 0.2) is 0 Å². The number of aryl methyl sites for hydroxylation is 1. The first-order valence-corrected chi connectivity index (χ1v) is 9.40. The molecule has 4 aromatic rings. The normalized spacial score (nSPS) is 11.0. The summed E-state index contributed by atoms with van der Waals surface area (Å²) in [7, 11) is 0. The lowest BCUT2D eigenvalue weighted by Gasteiger charge is -2.10. The SMILES string of the molecule is C=C(Nc1cncc(-c2cccc(F)c2)c1)c1[nH]ncc1/C=C/c1ccc(C)nc1. The van der Waals surface area contributed by atoms with Crippen molar-refractivity contribution in [1.82, 2.24) is 20.2 Å². The Balaban J connectivity index is 1.52. The minimum Gasteiger partial charge on any atom is -0.353 e. The maximum absolute atomic E-state index is 13.5. The quantitative estimate of drug-likeness (QED) is 0.446. The third kappa shape index (κ3) is 4.50. The second kappa shape index (κ2) is 8.53. The highest BCUT2D eigenvalue weighted by atomic mass is 19.1. The number of nitrogens with zero attached hydrogens (tertiary/aromatic N) is 3. The van der Waals surface area contributed by atoms with Gasteiger partial charge >= 0.3 is 0 Å². The Labute approximate surface area is 174 Å². The molecule has 0 spiro atoms. The largest absolute Gasteiger partial charge is 0.353 e. The molecule has 5 nitrogen and oxygen atoms in total. The molecule has 148 valence electrons. The summed E-state index contributed by atoms with van der Waals surface area (Å²) < 4.78 is 13.5. The van der Waals surface area contributed by atoms with E-state index in [1.807, 2.05) is 49.5 Å². The van der Waals surface area contributed by atoms with Crippen molar-refractivity contribution in [2.75, 3.05) is 5.32 Å². The number of halogens is 1. The third-order valence-electron chi connectivity index (χ3n) is 4.55. The molecular weight excluding hydrogens is 377 g/mol. The maximum Gasteiger partial charge on any atom is 0.123 e. The molecule has 1 aromatic carbocycles. The number of nitrogens with one attached hydrogen (secondary N) is 2. The minimum absolute atomic E-state index is 0.284. The van der Waals surface area contributed by atoms with Crippen molar-refractivity contribution in [2.45, 2.75) is 6.92 Å². The first-order valence-electron chi connectivity index (χ1n) is 9.40. The summed E-state index contributed by atoms with van der Waals surface area (Å²) in [6, 6.07) is 12.3. The molecule has 0 unspecified atom stereocenters. The van der Waals surface area contributed by atoms with Gasteiger partial charge in [0.05, 0.1) is 29.5 Å². The summed E-state index contributed by atoms with van der Waals surface area (Å²) in [5.41, 5.74) is 6.59. The molecule has 3 heterocycles. The van der Waals surface area contributed by atoms with Crippen LogP contribution >= 0.6 is 0 Å². The van der Waals surface area contributed by atoms with Crippen LogP contribution in [0.1, 0.15) is 22.5 Å². The summed E-state index contributed by atoms with van der Waals surface area (Å²) >= 11 is 0. The van der Waals surface area contributed by atoms with Crippen molar-refractivity contribution in [3.63, 3.8) is 0 Å². The van der Waals surface area contributed by atoms with E-state index < -0.39 is 0 Å². The van der Waals surface area contributed by atoms with Gasteiger partial charge in [-0.25, -0.2) is 4.39 Å². The van der Waals surface area contributed by atoms with Gasteiger partial charge in [0.25, 0.3) is 0 Å². The number of benzene rings is 1. The van der Waals surface area contributed by atoms with E-state index in [2.05, 4.69) is 32.1 Å². The molecule has 0 aliphatic heterocycles. The molecule has 6 heteroatoms. The van der Waals surface area contributed by atoms with Gasteiger partial charge in [0, 0.05) is 29.2 Å². The van der Waals surface area contributed by atoms with Crippen LogP contribution in [0.3, 0.4) is 0 Å². The molecular formula is C24H20FN5. The fraction of sp³-hybridized carbons (Fsp3) is 0.0417. The molecule has 3 aromatic heterocycles. The molecule has 0 atom stereocenters. The molecule has 0 aliphatic carbocycles. The highest BCUT2D eigenvalue weighted by Gasteiger charge is 2.08. The zero-order chi connectivity index (χ0) is 20.9. The average Bonchev–Trinajstić information content (AvgIpc) is 3.22. The Kier molecular flexibility index (Phi) is 5.48. The van der Waals surface area contributed by atoms with Crippen LogP contribution in [0, 0.1) is 12.7 Å². The van der Waals surface area contributed by atoms with Crippen molar-refractivity contribution in [2.24, 2.45) is 0 Å². The highest BCUT2D eigenvalue weighted by Crippen LogP contribution is 2.25. The van der Waals surface area contributed by atoms with Gasteiger partial charge in [-0.2, -0.15) is 5.10 Å². The van der Waals surface area contributed by atoms with Crippen LogP contribution < -0.4 is 5.32 Å². The van der Waals surface area contributed by atoms with E-state index in [-0.39, 0.29) is 5.82 Å². The molecule has 2 N–H and O–H groups in total. The zero-order valence-corrected chi connectivity index (χ0v) is 16.4. The second-order valence-electron chi connectivity index (χ2n) is 6.84. The number of anilines is 1. The lowest BCUT2D eigenvalue weighted by molar-refractivity contribution is 0.628. The molecule has 0 bridgehead atoms. The van der Waals surface area contributed by atoms with Crippen molar-refractivity contribution >= 4 is 23.5 Å². The van der Waals surface area contributed by atoms with Gasteiger partial charge in [-0.1, -0.05) is 36.9 Å². The maximum atomic E-state index is 13.5. The molecule has 0 saturated carbocycles. The molecule has 0 saturated heterocycles. The van der Waals surface area contributed by atoms with Crippen LogP contribution in [-0.2, 0) is 0 Å². The lowest BCUT2D eigenvalue weighted by atomic mass is 10.1. The summed E-state index contributed by atoms with van der Waals surface area (Å²) in [6.45, 7) is 6.07. The summed E-state index contributed by atoms with van der Waals surface area (Å²) in [6.07, 6.45) is 10.9. The summed E-state index contributed by atoms with van der Waals surface area (Å²) in [4.78, 5) is 8.55. The highest BCUT2D eigenvalue weighted by molar-refractivity contribution is 5.82. The van der Waals surface area contributed by atoms with Crippen LogP contribution in [0.15, 0.2) is 73.8 Å². The number of pyridine rings is 2. The minimum atomic E-state index is -0.284. The molecule has 30 heavy (non-hydrogen) atoms. The number of aromatic amines is 1. The van der Waals surface area contributed by atoms with Gasteiger partial charge in [-0.15, -0.1) is 0 Å². The van der Waals surface area contributed by atoms with Crippen LogP contribution in [0.4, 0.5) is 10.1 Å². The topological polar surface area (TPSA) is 66.5 Å². The zero-order valence-electron chi connectivity index (χ0n) is 16.4. The summed E-state index contributed by atoms with van der Waals surface area (Å²) in [5, 5.41) is 10.4. The van der Waals surface area contributed by atoms with Crippen molar-refractivity contribution < 1.29 is 4.39 Å². The first-order chi connectivity index (χ1) is 14.6. The van der Waals surface area contributed by atoms with Gasteiger partial charge in [0.1, 0.15) is 5.82 Å². The molecule has 0 amide bonds. The number of aromatic nitrogens is 4. The number of hydrogen-bond acceptors (Lipinski definition) is 4. The Hall–Kier alpha value is -4.06. The second-order valence-corrected chi connectivity index (χ2v) is 6.84. The molecule has 0 fully saturated rings. The van der Waals surface area contributed by atoms with E-state index in [0.29, 0.717) is 5.70 Å². The fourth-order valence-corrected chi connectivity index (χ4v) is 3.00. The Morgan fingerprint density at radius 1 is 1.03 bits per heavy atom. The van der Waals surface area contributed by atoms with E-state index in [0.717, 1.165) is 39.3 Å². The lowest BCUT2D eigenvalue weighted by Crippen LogP contribution is -2.00. The van der Waals surface area contributed by atoms with Gasteiger partial charge in [0.2, 0.25) is 0 Å². The number of hydrogen-bond donors (Lipinski definition) is 2. The Bertz CT molecular complexity index is 1210. The molecule has 0 radical (unpaired) electrons. The Morgan fingerprint density at radius 2 is 1.93 bits per heavy atom. The van der Waals surface area contributed by atoms with E-state index >= 15 is 0 Å². The predicted octanol–water partition coefficient (Wildman–Crippen LogP) is 5.57. The van der Waals surface area contributed by atoms with Crippen molar-refractivity contribution in [1.29, 1.82) is 0 Å². The summed E-state index contributed by atoms with van der Waals surface area (Å²) in [5.74, 6) is -0.284. The predicted molar refractivity (Wildman–Crippen MR) is 119 cm³/mol. The average molecular weight is 397 g/mol. The Morgan fingerprint density at radius 3 is 2.73 bits per heavy atom. The molecule has 4 rings (SSSR count). The third-order valence-corrected chi connectivity index (χ3v) is 4.55. The van der Waals surface area contributed by atoms with Crippen molar-refractivity contribution in [3.8, 4) is 11.1 Å². The standard InChI is InChI=1S/C24H20FN5/c1-16-6-7-18(12-27-16)8-9-20-14-28-30-24(20)17(2)29-23-11-21(13-26-15-23)19-4-3-5-22(25)10-19/h3-15,29H,2H2,1H3,(H,28,30)/b9-8+. The smallest absolute Gasteiger partial charge is 0.123 e. The van der Waals surface area contributed by atoms with Crippen LogP contribution in [0.2, 0.25) is 0 Å². The van der Waals surface area contributed by atoms with E-state index in [9.17, 15) is 4.39 Å². The molecule has 0 aliphatic rings. The van der Waals surface area contributed by atoms with Crippen molar-refractivity contribution in [3.05, 3.63) is 102 Å².